The molecule has 2 rings (SSSR count). The lowest BCUT2D eigenvalue weighted by molar-refractivity contribution is 0.230. The Morgan fingerprint density at radius 1 is 1.44 bits per heavy atom. The topological polar surface area (TPSA) is 61.2 Å². The molecule has 1 heterocycles. The largest absolute Gasteiger partial charge is 0.492 e. The van der Waals surface area contributed by atoms with E-state index in [0.29, 0.717) is 13.2 Å². The summed E-state index contributed by atoms with van der Waals surface area (Å²) >= 11 is 0. The van der Waals surface area contributed by atoms with Gasteiger partial charge in [0.1, 0.15) is 12.4 Å². The van der Waals surface area contributed by atoms with E-state index in [4.69, 9.17) is 10.3 Å². The van der Waals surface area contributed by atoms with Gasteiger partial charge in [-0.05, 0) is 11.6 Å². The van der Waals surface area contributed by atoms with Gasteiger partial charge in [-0.15, -0.1) is 0 Å². The van der Waals surface area contributed by atoms with Gasteiger partial charge in [0, 0.05) is 36.7 Å². The molecule has 0 unspecified atom stereocenters. The minimum absolute atomic E-state index is 0.513. The Balaban J connectivity index is 2.01. The van der Waals surface area contributed by atoms with E-state index in [1.165, 1.54) is 5.56 Å². The van der Waals surface area contributed by atoms with Crippen molar-refractivity contribution in [1.82, 2.24) is 4.90 Å². The summed E-state index contributed by atoms with van der Waals surface area (Å²) in [7, 11) is 0. The Kier molecular flexibility index (Phi) is 3.64. The van der Waals surface area contributed by atoms with Crippen molar-refractivity contribution in [2.75, 3.05) is 26.2 Å². The van der Waals surface area contributed by atoms with Gasteiger partial charge >= 0.3 is 0 Å². The first-order valence-electron chi connectivity index (χ1n) is 5.34. The maximum atomic E-state index is 8.22. The summed E-state index contributed by atoms with van der Waals surface area (Å²) in [5, 5.41) is 3.55. The van der Waals surface area contributed by atoms with Gasteiger partial charge in [-0.25, -0.2) is 0 Å². The summed E-state index contributed by atoms with van der Waals surface area (Å²) in [5.74, 6) is 0.966. The summed E-state index contributed by atoms with van der Waals surface area (Å²) in [6.07, 6.45) is 0. The van der Waals surface area contributed by atoms with Crippen LogP contribution in [0.4, 0.5) is 0 Å². The van der Waals surface area contributed by atoms with E-state index in [2.05, 4.69) is 21.0 Å². The van der Waals surface area contributed by atoms with Gasteiger partial charge in [0.25, 0.3) is 0 Å². The van der Waals surface area contributed by atoms with Crippen LogP contribution in [0.1, 0.15) is 5.56 Å². The quantitative estimate of drug-likeness (QED) is 0.443. The van der Waals surface area contributed by atoms with Gasteiger partial charge in [0.05, 0.1) is 0 Å². The van der Waals surface area contributed by atoms with Crippen LogP contribution in [-0.4, -0.2) is 31.1 Å². The molecule has 84 valence electrons. The Morgan fingerprint density at radius 3 is 3.19 bits per heavy atom. The first-order valence-corrected chi connectivity index (χ1v) is 5.34. The highest BCUT2D eigenvalue weighted by Gasteiger charge is 2.13. The molecule has 0 atom stereocenters. The zero-order valence-electron chi connectivity index (χ0n) is 9.04. The van der Waals surface area contributed by atoms with E-state index in [0.717, 1.165) is 25.4 Å². The van der Waals surface area contributed by atoms with Gasteiger partial charge in [0.2, 0.25) is 0 Å². The number of hydrogen-bond acceptors (Lipinski definition) is 3. The van der Waals surface area contributed by atoms with Gasteiger partial charge in [0.15, 0.2) is 0 Å². The third kappa shape index (κ3) is 2.66. The molecule has 1 aromatic rings. The molecule has 0 bridgehead atoms. The van der Waals surface area contributed by atoms with Crippen LogP contribution < -0.4 is 4.74 Å². The minimum Gasteiger partial charge on any atom is -0.492 e. The highest BCUT2D eigenvalue weighted by atomic mass is 16.5. The number of ether oxygens (including phenoxy) is 1. The van der Waals surface area contributed by atoms with Gasteiger partial charge in [-0.1, -0.05) is 23.3 Å². The van der Waals surface area contributed by atoms with Crippen molar-refractivity contribution in [3.63, 3.8) is 0 Å². The molecular formula is C11H14N4O. The van der Waals surface area contributed by atoms with Crippen LogP contribution in [0.25, 0.3) is 10.4 Å². The molecule has 0 radical (unpaired) electrons. The Hall–Kier alpha value is -1.71. The number of nitrogens with zero attached hydrogens (tertiary/aromatic N) is 4. The van der Waals surface area contributed by atoms with Crippen LogP contribution in [0.15, 0.2) is 29.4 Å². The van der Waals surface area contributed by atoms with Crippen molar-refractivity contribution in [3.8, 4) is 5.75 Å². The summed E-state index contributed by atoms with van der Waals surface area (Å²) in [4.78, 5) is 4.99. The lowest BCUT2D eigenvalue weighted by Gasteiger charge is -2.17. The fourth-order valence-electron chi connectivity index (χ4n) is 1.80. The average Bonchev–Trinajstić information content (AvgIpc) is 2.51. The predicted octanol–water partition coefficient (Wildman–Crippen LogP) is 2.19. The molecule has 0 N–H and O–H groups in total. The van der Waals surface area contributed by atoms with Gasteiger partial charge < -0.3 is 4.74 Å². The number of azide groups is 1. The Morgan fingerprint density at radius 2 is 2.31 bits per heavy atom. The van der Waals surface area contributed by atoms with Crippen LogP contribution in [-0.2, 0) is 6.54 Å². The molecule has 0 amide bonds. The number of para-hydroxylation sites is 1. The van der Waals surface area contributed by atoms with E-state index in [1.54, 1.807) is 0 Å². The molecule has 5 nitrogen and oxygen atoms in total. The Labute approximate surface area is 94.3 Å². The van der Waals surface area contributed by atoms with Crippen LogP contribution in [0, 0.1) is 0 Å². The van der Waals surface area contributed by atoms with Crippen molar-refractivity contribution in [2.24, 2.45) is 5.11 Å². The van der Waals surface area contributed by atoms with E-state index in [1.807, 2.05) is 18.2 Å². The molecule has 0 aliphatic carbocycles. The van der Waals surface area contributed by atoms with Crippen molar-refractivity contribution < 1.29 is 4.74 Å². The van der Waals surface area contributed by atoms with Crippen molar-refractivity contribution in [3.05, 3.63) is 40.3 Å². The van der Waals surface area contributed by atoms with E-state index in [9.17, 15) is 0 Å². The van der Waals surface area contributed by atoms with Gasteiger partial charge in [-0.3, -0.25) is 4.90 Å². The lowest BCUT2D eigenvalue weighted by atomic mass is 10.2. The summed E-state index contributed by atoms with van der Waals surface area (Å²) in [6, 6.07) is 8.06. The molecule has 0 spiro atoms. The third-order valence-electron chi connectivity index (χ3n) is 2.61. The third-order valence-corrected chi connectivity index (χ3v) is 2.61. The number of hydrogen-bond donors (Lipinski definition) is 0. The van der Waals surface area contributed by atoms with Crippen LogP contribution in [0.2, 0.25) is 0 Å². The highest BCUT2D eigenvalue weighted by Crippen LogP contribution is 2.21. The SMILES string of the molecule is [N-]=[N+]=NCCN1CCOc2ccccc2C1. The van der Waals surface area contributed by atoms with E-state index >= 15 is 0 Å². The van der Waals surface area contributed by atoms with Gasteiger partial charge in [-0.2, -0.15) is 0 Å². The Bertz CT molecular complexity index is 401. The molecule has 5 heteroatoms. The number of rotatable bonds is 3. The minimum atomic E-state index is 0.513. The molecule has 1 aliphatic rings. The smallest absolute Gasteiger partial charge is 0.123 e. The maximum absolute atomic E-state index is 8.22. The highest BCUT2D eigenvalue weighted by molar-refractivity contribution is 5.33. The predicted molar refractivity (Wildman–Crippen MR) is 61.2 cm³/mol. The lowest BCUT2D eigenvalue weighted by Crippen LogP contribution is -2.28. The molecule has 1 aromatic carbocycles. The molecule has 0 saturated carbocycles. The van der Waals surface area contributed by atoms with E-state index in [-0.39, 0.29) is 0 Å². The molecule has 1 aliphatic heterocycles. The fourth-order valence-corrected chi connectivity index (χ4v) is 1.80. The van der Waals surface area contributed by atoms with Crippen molar-refractivity contribution in [1.29, 1.82) is 0 Å². The fraction of sp³-hybridized carbons (Fsp3) is 0.455. The molecule has 0 saturated heterocycles. The van der Waals surface area contributed by atoms with Crippen LogP contribution in [0.5, 0.6) is 5.75 Å². The van der Waals surface area contributed by atoms with Crippen LogP contribution >= 0.6 is 0 Å². The van der Waals surface area contributed by atoms with Crippen LogP contribution in [0.3, 0.4) is 0 Å². The molecule has 16 heavy (non-hydrogen) atoms. The second-order valence-corrected chi connectivity index (χ2v) is 3.69. The first kappa shape index (κ1) is 10.8. The zero-order valence-corrected chi connectivity index (χ0v) is 9.04. The first-order chi connectivity index (χ1) is 7.90. The summed E-state index contributed by atoms with van der Waals surface area (Å²) in [6.45, 7) is 3.71. The average molecular weight is 218 g/mol. The summed E-state index contributed by atoms with van der Waals surface area (Å²) < 4.78 is 5.64. The molecule has 0 aromatic heterocycles. The van der Waals surface area contributed by atoms with Crippen molar-refractivity contribution >= 4 is 0 Å². The van der Waals surface area contributed by atoms with Crippen molar-refractivity contribution in [2.45, 2.75) is 6.54 Å². The number of fused-ring (bicyclic) bond motifs is 1. The van der Waals surface area contributed by atoms with E-state index < -0.39 is 0 Å². The second kappa shape index (κ2) is 5.39. The normalized spacial score (nSPS) is 15.5. The zero-order chi connectivity index (χ0) is 11.2. The maximum Gasteiger partial charge on any atom is 0.123 e. The molecule has 0 fully saturated rings. The monoisotopic (exact) mass is 218 g/mol. The molecular weight excluding hydrogens is 204 g/mol. The second-order valence-electron chi connectivity index (χ2n) is 3.69. The number of benzene rings is 1. The summed E-state index contributed by atoms with van der Waals surface area (Å²) in [5.41, 5.74) is 9.42. The standard InChI is InChI=1S/C11H14N4O/c12-14-13-5-6-15-7-8-16-11-4-2-1-3-10(11)9-15/h1-4H,5-9H2.